The molecule has 0 unspecified atom stereocenters. The summed E-state index contributed by atoms with van der Waals surface area (Å²) in [7, 11) is 0. The van der Waals surface area contributed by atoms with Gasteiger partial charge in [-0.1, -0.05) is 72.4 Å². The highest BCUT2D eigenvalue weighted by Crippen LogP contribution is 2.33. The molecule has 0 aliphatic heterocycles. The van der Waals surface area contributed by atoms with Gasteiger partial charge < -0.3 is 5.32 Å². The van der Waals surface area contributed by atoms with Gasteiger partial charge >= 0.3 is 6.03 Å². The molecule has 2 N–H and O–H groups in total. The molecule has 0 bridgehead atoms. The zero-order valence-electron chi connectivity index (χ0n) is 18.8. The van der Waals surface area contributed by atoms with Crippen LogP contribution in [0.2, 0.25) is 0 Å². The Morgan fingerprint density at radius 3 is 2.44 bits per heavy atom. The van der Waals surface area contributed by atoms with Crippen LogP contribution in [0.15, 0.2) is 76.0 Å². The maximum Gasteiger partial charge on any atom is 0.321 e. The summed E-state index contributed by atoms with van der Waals surface area (Å²) in [6, 6.07) is 18.9. The minimum absolute atomic E-state index is 0.159. The second-order valence-corrected chi connectivity index (χ2v) is 9.74. The number of carbonyl (C=O) groups excluding carboxylic acids is 2. The second-order valence-electron chi connectivity index (χ2n) is 7.58. The van der Waals surface area contributed by atoms with Crippen molar-refractivity contribution in [2.24, 2.45) is 0 Å². The number of thioether (sulfide) groups is 1. The summed E-state index contributed by atoms with van der Waals surface area (Å²) in [6.45, 7) is 4.19. The van der Waals surface area contributed by atoms with Crippen LogP contribution in [0.3, 0.4) is 0 Å². The number of nitrogens with one attached hydrogen (secondary N) is 2. The Morgan fingerprint density at radius 1 is 1.09 bits per heavy atom. The largest absolute Gasteiger partial charge is 0.338 e. The molecule has 0 radical (unpaired) electrons. The normalized spacial score (nSPS) is 11.8. The van der Waals surface area contributed by atoms with Gasteiger partial charge in [-0.3, -0.25) is 19.5 Å². The Hall–Kier alpha value is -3.43. The van der Waals surface area contributed by atoms with Gasteiger partial charge in [-0.05, 0) is 25.0 Å². The number of nitrogens with zero attached hydrogens (tertiary/aromatic N) is 2. The van der Waals surface area contributed by atoms with Crippen LogP contribution in [0.5, 0.6) is 0 Å². The van der Waals surface area contributed by atoms with E-state index in [1.54, 1.807) is 18.4 Å². The van der Waals surface area contributed by atoms with Gasteiger partial charge in [0.1, 0.15) is 4.83 Å². The number of rotatable bonds is 7. The van der Waals surface area contributed by atoms with E-state index in [0.717, 1.165) is 28.5 Å². The molecular weight excluding hydrogens is 468 g/mol. The first kappa shape index (κ1) is 23.7. The third kappa shape index (κ3) is 5.21. The van der Waals surface area contributed by atoms with Crippen molar-refractivity contribution >= 4 is 45.3 Å². The smallest absolute Gasteiger partial charge is 0.321 e. The van der Waals surface area contributed by atoms with Crippen molar-refractivity contribution in [3.63, 3.8) is 0 Å². The van der Waals surface area contributed by atoms with Gasteiger partial charge in [0, 0.05) is 17.5 Å². The maximum absolute atomic E-state index is 13.8. The highest BCUT2D eigenvalue weighted by Gasteiger charge is 2.23. The number of aromatic nitrogens is 2. The highest BCUT2D eigenvalue weighted by molar-refractivity contribution is 8.00. The van der Waals surface area contributed by atoms with Crippen LogP contribution in [0.4, 0.5) is 4.79 Å². The van der Waals surface area contributed by atoms with Crippen LogP contribution in [-0.4, -0.2) is 33.3 Å². The Labute approximate surface area is 205 Å². The molecule has 9 heteroatoms. The van der Waals surface area contributed by atoms with Gasteiger partial charge in [0.25, 0.3) is 5.56 Å². The minimum atomic E-state index is -0.637. The van der Waals surface area contributed by atoms with E-state index < -0.39 is 17.2 Å². The van der Waals surface area contributed by atoms with Gasteiger partial charge in [-0.2, -0.15) is 0 Å². The standard InChI is InChI=1S/C25H24N4O3S2/c1-3-26-24(32)27-21(30)16(2)34-25-28-22-20(19(15-33-22)18-12-8-5-9-13-18)23(31)29(25)14-17-10-6-4-7-11-17/h4-13,15-16H,3,14H2,1-2H3,(H2,26,27,30,32)/t16-/m0/s1. The first-order chi connectivity index (χ1) is 16.5. The van der Waals surface area contributed by atoms with Crippen LogP contribution in [0.25, 0.3) is 21.3 Å². The number of fused-ring (bicyclic) bond motifs is 1. The lowest BCUT2D eigenvalue weighted by Gasteiger charge is -2.16. The first-order valence-electron chi connectivity index (χ1n) is 10.8. The highest BCUT2D eigenvalue weighted by atomic mass is 32.2. The Morgan fingerprint density at radius 2 is 1.76 bits per heavy atom. The quantitative estimate of drug-likeness (QED) is 0.293. The zero-order chi connectivity index (χ0) is 24.1. The molecule has 4 aromatic rings. The maximum atomic E-state index is 13.8. The van der Waals surface area contributed by atoms with Crippen molar-refractivity contribution in [3.8, 4) is 11.1 Å². The summed E-state index contributed by atoms with van der Waals surface area (Å²) in [6.07, 6.45) is 0. The molecule has 174 valence electrons. The molecule has 0 aliphatic rings. The topological polar surface area (TPSA) is 93.1 Å². The zero-order valence-corrected chi connectivity index (χ0v) is 20.4. The monoisotopic (exact) mass is 492 g/mol. The van der Waals surface area contributed by atoms with Crippen molar-refractivity contribution in [3.05, 3.63) is 82.0 Å². The summed E-state index contributed by atoms with van der Waals surface area (Å²) < 4.78 is 1.61. The van der Waals surface area contributed by atoms with Crippen LogP contribution in [0.1, 0.15) is 19.4 Å². The van der Waals surface area contributed by atoms with E-state index in [9.17, 15) is 14.4 Å². The minimum Gasteiger partial charge on any atom is -0.338 e. The number of thiophene rings is 1. The number of hydrogen-bond acceptors (Lipinski definition) is 6. The molecule has 7 nitrogen and oxygen atoms in total. The van der Waals surface area contributed by atoms with Gasteiger partial charge in [0.05, 0.1) is 17.2 Å². The number of imide groups is 1. The fourth-order valence-electron chi connectivity index (χ4n) is 3.46. The molecule has 0 aliphatic carbocycles. The van der Waals surface area contributed by atoms with Gasteiger partial charge in [0.2, 0.25) is 5.91 Å². The summed E-state index contributed by atoms with van der Waals surface area (Å²) in [5, 5.41) is 7.17. The number of urea groups is 1. The van der Waals surface area contributed by atoms with Crippen molar-refractivity contribution < 1.29 is 9.59 Å². The second kappa shape index (κ2) is 10.7. The van der Waals surface area contributed by atoms with Crippen molar-refractivity contribution in [2.75, 3.05) is 6.54 Å². The van der Waals surface area contributed by atoms with Gasteiger partial charge in [-0.25, -0.2) is 9.78 Å². The van der Waals surface area contributed by atoms with E-state index in [4.69, 9.17) is 4.98 Å². The average Bonchev–Trinajstić information content (AvgIpc) is 3.27. The van der Waals surface area contributed by atoms with Crippen LogP contribution < -0.4 is 16.2 Å². The lowest BCUT2D eigenvalue weighted by molar-refractivity contribution is -0.119. The number of benzene rings is 2. The van der Waals surface area contributed by atoms with E-state index in [1.165, 1.54) is 11.3 Å². The molecule has 34 heavy (non-hydrogen) atoms. The van der Waals surface area contributed by atoms with E-state index in [-0.39, 0.29) is 5.56 Å². The lowest BCUT2D eigenvalue weighted by Crippen LogP contribution is -2.42. The Bertz CT molecular complexity index is 1370. The SMILES string of the molecule is CCNC(=O)NC(=O)[C@H](C)Sc1nc2scc(-c3ccccc3)c2c(=O)n1Cc1ccccc1. The first-order valence-corrected chi connectivity index (χ1v) is 12.6. The molecule has 3 amide bonds. The molecule has 0 fully saturated rings. The molecule has 1 atom stereocenters. The van der Waals surface area contributed by atoms with E-state index in [2.05, 4.69) is 10.6 Å². The molecule has 2 aromatic heterocycles. The lowest BCUT2D eigenvalue weighted by atomic mass is 10.1. The number of carbonyl (C=O) groups is 2. The van der Waals surface area contributed by atoms with Crippen molar-refractivity contribution in [1.29, 1.82) is 0 Å². The fraction of sp³-hybridized carbons (Fsp3) is 0.200. The fourth-order valence-corrected chi connectivity index (χ4v) is 5.36. The summed E-state index contributed by atoms with van der Waals surface area (Å²) >= 11 is 2.56. The van der Waals surface area contributed by atoms with E-state index in [0.29, 0.717) is 28.5 Å². The van der Waals surface area contributed by atoms with Crippen LogP contribution in [-0.2, 0) is 11.3 Å². The molecule has 0 saturated carbocycles. The predicted molar refractivity (Wildman–Crippen MR) is 137 cm³/mol. The molecule has 0 saturated heterocycles. The van der Waals surface area contributed by atoms with Crippen LogP contribution >= 0.6 is 23.1 Å². The molecule has 2 heterocycles. The van der Waals surface area contributed by atoms with Gasteiger partial charge in [0.15, 0.2) is 5.16 Å². The Balaban J connectivity index is 1.76. The van der Waals surface area contributed by atoms with Crippen molar-refractivity contribution in [1.82, 2.24) is 20.2 Å². The summed E-state index contributed by atoms with van der Waals surface area (Å²) in [5.74, 6) is -0.451. The third-order valence-electron chi connectivity index (χ3n) is 5.15. The Kier molecular flexibility index (Phi) is 7.44. The molecule has 0 spiro atoms. The molecule has 4 rings (SSSR count). The molecular formula is C25H24N4O3S2. The summed E-state index contributed by atoms with van der Waals surface area (Å²) in [5.41, 5.74) is 2.59. The number of hydrogen-bond donors (Lipinski definition) is 2. The third-order valence-corrected chi connectivity index (χ3v) is 7.11. The van der Waals surface area contributed by atoms with Crippen LogP contribution in [0, 0.1) is 0 Å². The number of amides is 3. The van der Waals surface area contributed by atoms with E-state index in [1.807, 2.05) is 66.0 Å². The van der Waals surface area contributed by atoms with Gasteiger partial charge in [-0.15, -0.1) is 11.3 Å². The van der Waals surface area contributed by atoms with Crippen molar-refractivity contribution in [2.45, 2.75) is 30.8 Å². The molecule has 2 aromatic carbocycles. The summed E-state index contributed by atoms with van der Waals surface area (Å²) in [4.78, 5) is 43.5. The predicted octanol–water partition coefficient (Wildman–Crippen LogP) is 4.50. The van der Waals surface area contributed by atoms with E-state index >= 15 is 0 Å². The average molecular weight is 493 g/mol.